The molecular formula is C14H15BrN2O3S. The number of halogens is 1. The van der Waals surface area contributed by atoms with Gasteiger partial charge in [-0.05, 0) is 33.1 Å². The van der Waals surface area contributed by atoms with E-state index < -0.39 is 10.0 Å². The van der Waals surface area contributed by atoms with Crippen molar-refractivity contribution in [2.24, 2.45) is 0 Å². The minimum Gasteiger partial charge on any atom is -0.380 e. The summed E-state index contributed by atoms with van der Waals surface area (Å²) in [6.07, 6.45) is 2.85. The highest BCUT2D eigenvalue weighted by Gasteiger charge is 2.14. The van der Waals surface area contributed by atoms with Crippen LogP contribution in [0.2, 0.25) is 0 Å². The molecule has 0 amide bonds. The zero-order valence-corrected chi connectivity index (χ0v) is 13.8. The molecule has 0 saturated carbocycles. The van der Waals surface area contributed by atoms with Crippen molar-refractivity contribution in [3.63, 3.8) is 0 Å². The van der Waals surface area contributed by atoms with E-state index in [2.05, 4.69) is 25.6 Å². The van der Waals surface area contributed by atoms with Crippen LogP contribution < -0.4 is 4.72 Å². The number of sulfonamides is 1. The predicted molar refractivity (Wildman–Crippen MR) is 83.1 cm³/mol. The van der Waals surface area contributed by atoms with E-state index in [0.717, 1.165) is 11.1 Å². The van der Waals surface area contributed by atoms with Crippen molar-refractivity contribution in [3.8, 4) is 0 Å². The highest BCUT2D eigenvalue weighted by molar-refractivity contribution is 9.10. The van der Waals surface area contributed by atoms with Gasteiger partial charge in [0.05, 0.1) is 6.61 Å². The average Bonchev–Trinajstić information content (AvgIpc) is 2.46. The molecule has 0 aliphatic heterocycles. The topological polar surface area (TPSA) is 68.3 Å². The van der Waals surface area contributed by atoms with E-state index in [-0.39, 0.29) is 11.4 Å². The molecule has 5 nitrogen and oxygen atoms in total. The molecule has 1 heterocycles. The van der Waals surface area contributed by atoms with E-state index in [0.29, 0.717) is 11.1 Å². The van der Waals surface area contributed by atoms with Gasteiger partial charge in [0.25, 0.3) is 0 Å². The highest BCUT2D eigenvalue weighted by Crippen LogP contribution is 2.15. The summed E-state index contributed by atoms with van der Waals surface area (Å²) in [5.74, 6) is 0. The van der Waals surface area contributed by atoms with E-state index in [9.17, 15) is 8.42 Å². The molecule has 7 heteroatoms. The van der Waals surface area contributed by atoms with Crippen molar-refractivity contribution in [1.29, 1.82) is 0 Å². The maximum absolute atomic E-state index is 12.2. The van der Waals surface area contributed by atoms with Gasteiger partial charge in [0.1, 0.15) is 4.90 Å². The quantitative estimate of drug-likeness (QED) is 0.847. The first kappa shape index (κ1) is 16.1. The SMILES string of the molecule is COCc1cccc(CNS(=O)(=O)c2cncc(Br)c2)c1. The van der Waals surface area contributed by atoms with Gasteiger partial charge in [0.15, 0.2) is 0 Å². The molecule has 0 radical (unpaired) electrons. The van der Waals surface area contributed by atoms with Crippen molar-refractivity contribution < 1.29 is 13.2 Å². The summed E-state index contributed by atoms with van der Waals surface area (Å²) in [6, 6.07) is 9.08. The lowest BCUT2D eigenvalue weighted by molar-refractivity contribution is 0.185. The van der Waals surface area contributed by atoms with Gasteiger partial charge < -0.3 is 4.74 Å². The number of benzene rings is 1. The molecule has 112 valence electrons. The summed E-state index contributed by atoms with van der Waals surface area (Å²) in [6.45, 7) is 0.711. The Labute approximate surface area is 132 Å². The minimum atomic E-state index is -3.58. The summed E-state index contributed by atoms with van der Waals surface area (Å²) in [7, 11) is -1.96. The van der Waals surface area contributed by atoms with Gasteiger partial charge in [-0.1, -0.05) is 24.3 Å². The second kappa shape index (κ2) is 7.13. The molecule has 1 N–H and O–H groups in total. The maximum Gasteiger partial charge on any atom is 0.242 e. The van der Waals surface area contributed by atoms with Crippen molar-refractivity contribution in [2.45, 2.75) is 18.0 Å². The molecule has 0 bridgehead atoms. The number of nitrogens with zero attached hydrogens (tertiary/aromatic N) is 1. The number of rotatable bonds is 6. The van der Waals surface area contributed by atoms with E-state index in [4.69, 9.17) is 4.74 Å². The highest BCUT2D eigenvalue weighted by atomic mass is 79.9. The molecular weight excluding hydrogens is 356 g/mol. The third kappa shape index (κ3) is 4.60. The summed E-state index contributed by atoms with van der Waals surface area (Å²) < 4.78 is 32.6. The zero-order valence-electron chi connectivity index (χ0n) is 11.4. The smallest absolute Gasteiger partial charge is 0.242 e. The van der Waals surface area contributed by atoms with Gasteiger partial charge in [-0.25, -0.2) is 13.1 Å². The maximum atomic E-state index is 12.2. The monoisotopic (exact) mass is 370 g/mol. The standard InChI is InChI=1S/C14H15BrN2O3S/c1-20-10-12-4-2-3-11(5-12)7-17-21(18,19)14-6-13(15)8-16-9-14/h2-6,8-9,17H,7,10H2,1H3. The fraction of sp³-hybridized carbons (Fsp3) is 0.214. The predicted octanol–water partition coefficient (Wildman–Crippen LogP) is 2.47. The summed E-state index contributed by atoms with van der Waals surface area (Å²) in [5.41, 5.74) is 1.87. The average molecular weight is 371 g/mol. The third-order valence-electron chi connectivity index (χ3n) is 2.76. The molecule has 1 aromatic carbocycles. The zero-order chi connectivity index (χ0) is 15.3. The first-order valence-corrected chi connectivity index (χ1v) is 8.46. The minimum absolute atomic E-state index is 0.130. The Bertz CT molecular complexity index is 720. The second-order valence-electron chi connectivity index (χ2n) is 4.42. The Balaban J connectivity index is 2.10. The molecule has 2 rings (SSSR count). The fourth-order valence-corrected chi connectivity index (χ4v) is 3.32. The number of hydrogen-bond donors (Lipinski definition) is 1. The van der Waals surface area contributed by atoms with E-state index in [1.165, 1.54) is 18.5 Å². The molecule has 2 aromatic rings. The molecule has 0 aliphatic carbocycles. The van der Waals surface area contributed by atoms with Crippen LogP contribution in [0, 0.1) is 0 Å². The van der Waals surface area contributed by atoms with Crippen LogP contribution in [0.4, 0.5) is 0 Å². The van der Waals surface area contributed by atoms with Crippen LogP contribution in [0.3, 0.4) is 0 Å². The van der Waals surface area contributed by atoms with Crippen molar-refractivity contribution in [2.75, 3.05) is 7.11 Å². The summed E-state index contributed by atoms with van der Waals surface area (Å²) >= 11 is 3.21. The number of aromatic nitrogens is 1. The van der Waals surface area contributed by atoms with Crippen molar-refractivity contribution in [1.82, 2.24) is 9.71 Å². The Hall–Kier alpha value is -1.28. The Morgan fingerprint density at radius 1 is 1.24 bits per heavy atom. The fourth-order valence-electron chi connectivity index (χ4n) is 1.80. The lowest BCUT2D eigenvalue weighted by Crippen LogP contribution is -2.23. The van der Waals surface area contributed by atoms with Crippen LogP contribution in [0.5, 0.6) is 0 Å². The van der Waals surface area contributed by atoms with Gasteiger partial charge in [0.2, 0.25) is 10.0 Å². The summed E-state index contributed by atoms with van der Waals surface area (Å²) in [5, 5.41) is 0. The lowest BCUT2D eigenvalue weighted by atomic mass is 10.1. The number of methoxy groups -OCH3 is 1. The van der Waals surface area contributed by atoms with Crippen LogP contribution in [-0.4, -0.2) is 20.5 Å². The second-order valence-corrected chi connectivity index (χ2v) is 7.10. The largest absolute Gasteiger partial charge is 0.380 e. The van der Waals surface area contributed by atoms with E-state index in [1.54, 1.807) is 7.11 Å². The van der Waals surface area contributed by atoms with Crippen molar-refractivity contribution >= 4 is 26.0 Å². The van der Waals surface area contributed by atoms with E-state index >= 15 is 0 Å². The molecule has 0 saturated heterocycles. The molecule has 0 spiro atoms. The van der Waals surface area contributed by atoms with Gasteiger partial charge >= 0.3 is 0 Å². The third-order valence-corrected chi connectivity index (χ3v) is 4.56. The normalized spacial score (nSPS) is 11.5. The van der Waals surface area contributed by atoms with Crippen LogP contribution >= 0.6 is 15.9 Å². The summed E-state index contributed by atoms with van der Waals surface area (Å²) in [4.78, 5) is 3.99. The van der Waals surface area contributed by atoms with Gasteiger partial charge in [0, 0.05) is 30.5 Å². The number of nitrogens with one attached hydrogen (secondary N) is 1. The van der Waals surface area contributed by atoms with Crippen LogP contribution in [0.25, 0.3) is 0 Å². The van der Waals surface area contributed by atoms with Crippen LogP contribution in [-0.2, 0) is 27.9 Å². The first-order valence-electron chi connectivity index (χ1n) is 6.18. The Kier molecular flexibility index (Phi) is 5.46. The molecule has 0 atom stereocenters. The van der Waals surface area contributed by atoms with Crippen LogP contribution in [0.15, 0.2) is 52.1 Å². The lowest BCUT2D eigenvalue weighted by Gasteiger charge is -2.08. The molecule has 0 fully saturated rings. The van der Waals surface area contributed by atoms with Gasteiger partial charge in [-0.15, -0.1) is 0 Å². The van der Waals surface area contributed by atoms with E-state index in [1.807, 2.05) is 24.3 Å². The number of ether oxygens (including phenoxy) is 1. The molecule has 1 aromatic heterocycles. The first-order chi connectivity index (χ1) is 10.0. The van der Waals surface area contributed by atoms with Crippen LogP contribution in [0.1, 0.15) is 11.1 Å². The number of pyridine rings is 1. The van der Waals surface area contributed by atoms with Gasteiger partial charge in [-0.2, -0.15) is 0 Å². The van der Waals surface area contributed by atoms with Crippen molar-refractivity contribution in [3.05, 3.63) is 58.3 Å². The molecule has 21 heavy (non-hydrogen) atoms. The Morgan fingerprint density at radius 3 is 2.71 bits per heavy atom. The van der Waals surface area contributed by atoms with Gasteiger partial charge in [-0.3, -0.25) is 4.98 Å². The molecule has 0 unspecified atom stereocenters. The Morgan fingerprint density at radius 2 is 2.00 bits per heavy atom. The number of hydrogen-bond acceptors (Lipinski definition) is 4. The molecule has 0 aliphatic rings.